The summed E-state index contributed by atoms with van der Waals surface area (Å²) in [5, 5.41) is 0. The summed E-state index contributed by atoms with van der Waals surface area (Å²) in [6, 6.07) is 7.65. The molecule has 1 aromatic carbocycles. The van der Waals surface area contributed by atoms with Crippen molar-refractivity contribution in [1.29, 1.82) is 0 Å². The number of piperidine rings is 1. The molecule has 1 aromatic rings. The summed E-state index contributed by atoms with van der Waals surface area (Å²) in [4.78, 5) is 2.77. The van der Waals surface area contributed by atoms with Crippen molar-refractivity contribution in [2.75, 3.05) is 24.5 Å². The number of nitrogens with zero attached hydrogens (tertiary/aromatic N) is 2. The molecule has 122 valence electrons. The smallest absolute Gasteiger partial charge is 0.243 e. The first-order chi connectivity index (χ1) is 10.6. The minimum atomic E-state index is -3.35. The van der Waals surface area contributed by atoms with Crippen molar-refractivity contribution >= 4 is 15.7 Å². The molecule has 0 N–H and O–H groups in total. The Morgan fingerprint density at radius 2 is 1.64 bits per heavy atom. The number of anilines is 1. The molecule has 1 atom stereocenters. The summed E-state index contributed by atoms with van der Waals surface area (Å²) < 4.78 is 27.5. The summed E-state index contributed by atoms with van der Waals surface area (Å²) in [5.74, 6) is 0. The van der Waals surface area contributed by atoms with E-state index < -0.39 is 10.0 Å². The highest BCUT2D eigenvalue weighted by Gasteiger charge is 2.32. The first kappa shape index (κ1) is 15.8. The van der Waals surface area contributed by atoms with E-state index in [9.17, 15) is 8.42 Å². The van der Waals surface area contributed by atoms with Crippen LogP contribution >= 0.6 is 0 Å². The Morgan fingerprint density at radius 1 is 1.00 bits per heavy atom. The van der Waals surface area contributed by atoms with Crippen molar-refractivity contribution in [3.05, 3.63) is 24.3 Å². The lowest BCUT2D eigenvalue weighted by atomic mass is 10.0. The van der Waals surface area contributed by atoms with Gasteiger partial charge >= 0.3 is 0 Å². The monoisotopic (exact) mass is 322 g/mol. The van der Waals surface area contributed by atoms with Crippen LogP contribution < -0.4 is 4.90 Å². The van der Waals surface area contributed by atoms with Crippen LogP contribution in [0.2, 0.25) is 0 Å². The Morgan fingerprint density at radius 3 is 2.27 bits per heavy atom. The zero-order chi connectivity index (χ0) is 15.6. The Balaban J connectivity index is 1.82. The van der Waals surface area contributed by atoms with Crippen LogP contribution in [0.4, 0.5) is 5.69 Å². The fourth-order valence-electron chi connectivity index (χ4n) is 3.64. The minimum Gasteiger partial charge on any atom is -0.372 e. The van der Waals surface area contributed by atoms with Gasteiger partial charge in [-0.2, -0.15) is 4.31 Å². The van der Waals surface area contributed by atoms with Gasteiger partial charge in [0.15, 0.2) is 0 Å². The topological polar surface area (TPSA) is 40.6 Å². The van der Waals surface area contributed by atoms with Crippen molar-refractivity contribution < 1.29 is 8.42 Å². The van der Waals surface area contributed by atoms with Gasteiger partial charge in [0.05, 0.1) is 4.90 Å². The molecule has 2 aliphatic rings. The highest BCUT2D eigenvalue weighted by Crippen LogP contribution is 2.28. The molecule has 0 aliphatic carbocycles. The predicted octanol–water partition coefficient (Wildman–Crippen LogP) is 3.24. The molecule has 0 aromatic heterocycles. The van der Waals surface area contributed by atoms with E-state index in [0.29, 0.717) is 11.4 Å². The van der Waals surface area contributed by atoms with Crippen molar-refractivity contribution in [2.24, 2.45) is 0 Å². The fraction of sp³-hybridized carbons (Fsp3) is 0.647. The third-order valence-corrected chi connectivity index (χ3v) is 6.92. The van der Waals surface area contributed by atoms with E-state index >= 15 is 0 Å². The summed E-state index contributed by atoms with van der Waals surface area (Å²) in [5.41, 5.74) is 1.14. The Hall–Kier alpha value is -1.07. The number of hydrogen-bond acceptors (Lipinski definition) is 3. The first-order valence-electron chi connectivity index (χ1n) is 8.50. The summed E-state index contributed by atoms with van der Waals surface area (Å²) in [6.45, 7) is 4.90. The second kappa shape index (κ2) is 6.59. The van der Waals surface area contributed by atoms with Gasteiger partial charge in [-0.25, -0.2) is 8.42 Å². The van der Waals surface area contributed by atoms with Gasteiger partial charge in [0.1, 0.15) is 0 Å². The summed E-state index contributed by atoms with van der Waals surface area (Å²) in [6.07, 6.45) is 6.45. The highest BCUT2D eigenvalue weighted by atomic mass is 32.2. The molecule has 2 fully saturated rings. The zero-order valence-electron chi connectivity index (χ0n) is 13.4. The molecule has 5 heteroatoms. The molecular formula is C17H26N2O2S. The average Bonchev–Trinajstić information content (AvgIpc) is 3.09. The fourth-order valence-corrected chi connectivity index (χ4v) is 5.41. The Bertz CT molecular complexity index is 592. The van der Waals surface area contributed by atoms with Crippen LogP contribution in [0.15, 0.2) is 29.2 Å². The van der Waals surface area contributed by atoms with Crippen LogP contribution in [-0.2, 0) is 10.0 Å². The molecule has 0 bridgehead atoms. The van der Waals surface area contributed by atoms with Gasteiger partial charge in [0.2, 0.25) is 10.0 Å². The Kier molecular flexibility index (Phi) is 4.73. The number of sulfonamides is 1. The molecule has 3 rings (SSSR count). The van der Waals surface area contributed by atoms with Crippen molar-refractivity contribution in [2.45, 2.75) is 56.4 Å². The third kappa shape index (κ3) is 3.01. The second-order valence-corrected chi connectivity index (χ2v) is 8.25. The molecule has 2 heterocycles. The second-order valence-electron chi connectivity index (χ2n) is 6.36. The maximum atomic E-state index is 12.9. The largest absolute Gasteiger partial charge is 0.372 e. The molecule has 2 aliphatic heterocycles. The molecule has 0 spiro atoms. The number of rotatable bonds is 4. The molecule has 0 amide bonds. The van der Waals surface area contributed by atoms with Crippen LogP contribution in [0, 0.1) is 0 Å². The van der Waals surface area contributed by atoms with E-state index in [2.05, 4.69) is 11.8 Å². The van der Waals surface area contributed by atoms with Crippen LogP contribution in [0.5, 0.6) is 0 Å². The first-order valence-corrected chi connectivity index (χ1v) is 9.94. The van der Waals surface area contributed by atoms with E-state index in [-0.39, 0.29) is 6.04 Å². The quantitative estimate of drug-likeness (QED) is 0.854. The van der Waals surface area contributed by atoms with Crippen LogP contribution in [0.25, 0.3) is 0 Å². The van der Waals surface area contributed by atoms with Crippen LogP contribution in [0.1, 0.15) is 45.4 Å². The summed E-state index contributed by atoms with van der Waals surface area (Å²) in [7, 11) is -3.35. The number of benzene rings is 1. The van der Waals surface area contributed by atoms with Gasteiger partial charge in [-0.3, -0.25) is 0 Å². The molecule has 0 radical (unpaired) electrons. The number of hydrogen-bond donors (Lipinski definition) is 0. The highest BCUT2D eigenvalue weighted by molar-refractivity contribution is 7.89. The van der Waals surface area contributed by atoms with Crippen molar-refractivity contribution in [1.82, 2.24) is 4.31 Å². The molecule has 22 heavy (non-hydrogen) atoms. The van der Waals surface area contributed by atoms with E-state index in [1.54, 1.807) is 16.4 Å². The zero-order valence-corrected chi connectivity index (χ0v) is 14.2. The van der Waals surface area contributed by atoms with Crippen LogP contribution in [-0.4, -0.2) is 38.4 Å². The normalized spacial score (nSPS) is 23.9. The van der Waals surface area contributed by atoms with Crippen molar-refractivity contribution in [3.8, 4) is 0 Å². The molecule has 0 saturated carbocycles. The van der Waals surface area contributed by atoms with Crippen LogP contribution in [0.3, 0.4) is 0 Å². The molecule has 2 saturated heterocycles. The average molecular weight is 322 g/mol. The lowest BCUT2D eigenvalue weighted by Crippen LogP contribution is -2.43. The van der Waals surface area contributed by atoms with E-state index in [1.807, 2.05) is 12.1 Å². The van der Waals surface area contributed by atoms with E-state index in [0.717, 1.165) is 44.5 Å². The standard InChI is InChI=1S/C17H26N2O2S/c1-2-15-7-3-4-14-19(15)22(20,21)17-10-8-16(9-11-17)18-12-5-6-13-18/h8-11,15H,2-7,12-14H2,1H3. The SMILES string of the molecule is CCC1CCCCN1S(=O)(=O)c1ccc(N2CCCC2)cc1. The lowest BCUT2D eigenvalue weighted by Gasteiger charge is -2.34. The predicted molar refractivity (Wildman–Crippen MR) is 89.7 cm³/mol. The molecule has 1 unspecified atom stereocenters. The third-order valence-electron chi connectivity index (χ3n) is 4.96. The van der Waals surface area contributed by atoms with Gasteiger partial charge in [-0.15, -0.1) is 0 Å². The maximum Gasteiger partial charge on any atom is 0.243 e. The van der Waals surface area contributed by atoms with Gasteiger partial charge in [0.25, 0.3) is 0 Å². The van der Waals surface area contributed by atoms with E-state index in [4.69, 9.17) is 0 Å². The van der Waals surface area contributed by atoms with Gasteiger partial charge < -0.3 is 4.90 Å². The molecule has 4 nitrogen and oxygen atoms in total. The summed E-state index contributed by atoms with van der Waals surface area (Å²) >= 11 is 0. The van der Waals surface area contributed by atoms with E-state index in [1.165, 1.54) is 12.8 Å². The maximum absolute atomic E-state index is 12.9. The van der Waals surface area contributed by atoms with Gasteiger partial charge in [-0.1, -0.05) is 13.3 Å². The minimum absolute atomic E-state index is 0.164. The Labute approximate surface area is 134 Å². The van der Waals surface area contributed by atoms with Crippen molar-refractivity contribution in [3.63, 3.8) is 0 Å². The lowest BCUT2D eigenvalue weighted by molar-refractivity contribution is 0.246. The molecular weight excluding hydrogens is 296 g/mol. The van der Waals surface area contributed by atoms with Gasteiger partial charge in [0, 0.05) is 31.4 Å². The van der Waals surface area contributed by atoms with Gasteiger partial charge in [-0.05, 0) is 56.4 Å².